The van der Waals surface area contributed by atoms with E-state index in [0.29, 0.717) is 46.4 Å². The molecule has 0 spiro atoms. The van der Waals surface area contributed by atoms with Gasteiger partial charge >= 0.3 is 0 Å². The second kappa shape index (κ2) is 8.37. The molecule has 146 valence electrons. The third-order valence-corrected chi connectivity index (χ3v) is 5.00. The average Bonchev–Trinajstić information content (AvgIpc) is 3.16. The van der Waals surface area contributed by atoms with Gasteiger partial charge in [0.25, 0.3) is 5.91 Å². The maximum absolute atomic E-state index is 12.9. The zero-order chi connectivity index (χ0) is 20.2. The monoisotopic (exact) mass is 406 g/mol. The van der Waals surface area contributed by atoms with Crippen LogP contribution >= 0.6 is 11.6 Å². The van der Waals surface area contributed by atoms with Crippen LogP contribution in [0, 0.1) is 0 Å². The molecule has 0 unspecified atom stereocenters. The summed E-state index contributed by atoms with van der Waals surface area (Å²) < 4.78 is 5.90. The lowest BCUT2D eigenvalue weighted by Gasteiger charge is -2.18. The van der Waals surface area contributed by atoms with Gasteiger partial charge in [0.05, 0.1) is 16.4 Å². The van der Waals surface area contributed by atoms with Crippen LogP contribution in [0.1, 0.15) is 23.2 Å². The first kappa shape index (κ1) is 19.0. The number of carbonyl (C=O) groups is 2. The van der Waals surface area contributed by atoms with Crippen LogP contribution in [0.5, 0.6) is 11.5 Å². The van der Waals surface area contributed by atoms with Crippen molar-refractivity contribution >= 4 is 34.8 Å². The number of amides is 2. The summed E-state index contributed by atoms with van der Waals surface area (Å²) in [7, 11) is 0. The molecular weight excluding hydrogens is 388 g/mol. The van der Waals surface area contributed by atoms with Crippen molar-refractivity contribution in [2.45, 2.75) is 12.8 Å². The predicted molar refractivity (Wildman–Crippen MR) is 114 cm³/mol. The molecule has 0 bridgehead atoms. The first-order chi connectivity index (χ1) is 14.1. The van der Waals surface area contributed by atoms with Crippen LogP contribution in [-0.4, -0.2) is 18.4 Å². The normalized spacial score (nSPS) is 13.4. The third-order valence-electron chi connectivity index (χ3n) is 4.68. The summed E-state index contributed by atoms with van der Waals surface area (Å²) in [6.45, 7) is 0.609. The van der Waals surface area contributed by atoms with Crippen molar-refractivity contribution in [2.24, 2.45) is 0 Å². The van der Waals surface area contributed by atoms with Gasteiger partial charge in [0.15, 0.2) is 5.75 Å². The Bertz CT molecular complexity index is 1050. The van der Waals surface area contributed by atoms with Gasteiger partial charge in [0.1, 0.15) is 5.75 Å². The maximum Gasteiger partial charge on any atom is 0.255 e. The lowest BCUT2D eigenvalue weighted by atomic mass is 10.1. The molecule has 0 aromatic heterocycles. The highest BCUT2D eigenvalue weighted by molar-refractivity contribution is 6.34. The van der Waals surface area contributed by atoms with Crippen molar-refractivity contribution in [3.05, 3.63) is 83.4 Å². The quantitative estimate of drug-likeness (QED) is 0.607. The number of anilines is 2. The van der Waals surface area contributed by atoms with Gasteiger partial charge < -0.3 is 15.0 Å². The Labute approximate surface area is 173 Å². The van der Waals surface area contributed by atoms with Crippen molar-refractivity contribution in [1.29, 1.82) is 0 Å². The molecule has 0 atom stereocenters. The standard InChI is InChI=1S/C23H19ClN2O3/c24-18-13-12-16(15-20(18)26-14-6-11-22(26)27)23(28)25-19-9-4-5-10-21(19)29-17-7-2-1-3-8-17/h1-5,7-10,12-13,15H,6,11,14H2,(H,25,28). The van der Waals surface area contributed by atoms with Gasteiger partial charge in [0, 0.05) is 18.5 Å². The number of halogens is 1. The smallest absolute Gasteiger partial charge is 0.255 e. The summed E-state index contributed by atoms with van der Waals surface area (Å²) in [6.07, 6.45) is 1.28. The Hall–Kier alpha value is -3.31. The second-order valence-electron chi connectivity index (χ2n) is 6.68. The lowest BCUT2D eigenvalue weighted by Crippen LogP contribution is -2.24. The number of hydrogen-bond acceptors (Lipinski definition) is 3. The minimum Gasteiger partial charge on any atom is -0.455 e. The van der Waals surface area contributed by atoms with E-state index in [2.05, 4.69) is 5.32 Å². The Balaban J connectivity index is 1.57. The van der Waals surface area contributed by atoms with E-state index in [0.717, 1.165) is 6.42 Å². The third kappa shape index (κ3) is 4.25. The summed E-state index contributed by atoms with van der Waals surface area (Å²) in [5.74, 6) is 0.927. The van der Waals surface area contributed by atoms with E-state index >= 15 is 0 Å². The van der Waals surface area contributed by atoms with E-state index in [1.54, 1.807) is 35.2 Å². The molecule has 1 aliphatic heterocycles. The molecule has 1 aliphatic rings. The summed E-state index contributed by atoms with van der Waals surface area (Å²) in [5, 5.41) is 3.33. The zero-order valence-electron chi connectivity index (χ0n) is 15.6. The van der Waals surface area contributed by atoms with Gasteiger partial charge in [-0.2, -0.15) is 0 Å². The molecule has 3 aromatic rings. The topological polar surface area (TPSA) is 58.6 Å². The minimum atomic E-state index is -0.307. The molecule has 6 heteroatoms. The van der Waals surface area contributed by atoms with Gasteiger partial charge in [-0.3, -0.25) is 9.59 Å². The molecule has 1 N–H and O–H groups in total. The number of nitrogens with one attached hydrogen (secondary N) is 1. The van der Waals surface area contributed by atoms with Gasteiger partial charge in [-0.05, 0) is 48.9 Å². The fourth-order valence-corrected chi connectivity index (χ4v) is 3.45. The lowest BCUT2D eigenvalue weighted by molar-refractivity contribution is -0.117. The Morgan fingerprint density at radius 1 is 1.00 bits per heavy atom. The number of para-hydroxylation sites is 3. The number of benzene rings is 3. The molecule has 1 saturated heterocycles. The fourth-order valence-electron chi connectivity index (χ4n) is 3.23. The minimum absolute atomic E-state index is 0.0195. The van der Waals surface area contributed by atoms with Gasteiger partial charge in [-0.15, -0.1) is 0 Å². The van der Waals surface area contributed by atoms with Crippen LogP contribution in [0.2, 0.25) is 5.02 Å². The van der Waals surface area contributed by atoms with Crippen LogP contribution in [0.25, 0.3) is 0 Å². The predicted octanol–water partition coefficient (Wildman–Crippen LogP) is 5.51. The first-order valence-corrected chi connectivity index (χ1v) is 9.73. The number of nitrogens with zero attached hydrogens (tertiary/aromatic N) is 1. The maximum atomic E-state index is 12.9. The molecule has 0 radical (unpaired) electrons. The molecule has 4 rings (SSSR count). The summed E-state index contributed by atoms with van der Waals surface area (Å²) in [4.78, 5) is 26.6. The van der Waals surface area contributed by atoms with E-state index in [9.17, 15) is 9.59 Å². The molecule has 29 heavy (non-hydrogen) atoms. The number of ether oxygens (including phenoxy) is 1. The summed E-state index contributed by atoms with van der Waals surface area (Å²) in [6, 6.07) is 21.5. The van der Waals surface area contributed by atoms with E-state index < -0.39 is 0 Å². The van der Waals surface area contributed by atoms with Crippen molar-refractivity contribution in [1.82, 2.24) is 0 Å². The van der Waals surface area contributed by atoms with Crippen LogP contribution < -0.4 is 15.0 Å². The molecule has 3 aromatic carbocycles. The van der Waals surface area contributed by atoms with Crippen LogP contribution in [0.15, 0.2) is 72.8 Å². The summed E-state index contributed by atoms with van der Waals surface area (Å²) >= 11 is 6.28. The van der Waals surface area contributed by atoms with Gasteiger partial charge in [-0.25, -0.2) is 0 Å². The molecule has 2 amide bonds. The molecule has 1 fully saturated rings. The molecule has 0 aliphatic carbocycles. The van der Waals surface area contributed by atoms with E-state index in [-0.39, 0.29) is 11.8 Å². The largest absolute Gasteiger partial charge is 0.455 e. The van der Waals surface area contributed by atoms with Crippen LogP contribution in [-0.2, 0) is 4.79 Å². The Morgan fingerprint density at radius 3 is 2.52 bits per heavy atom. The second-order valence-corrected chi connectivity index (χ2v) is 7.09. The number of carbonyl (C=O) groups excluding carboxylic acids is 2. The highest BCUT2D eigenvalue weighted by Crippen LogP contribution is 2.32. The molecule has 0 saturated carbocycles. The molecule has 5 nitrogen and oxygen atoms in total. The van der Waals surface area contributed by atoms with Crippen molar-refractivity contribution in [3.63, 3.8) is 0 Å². The Morgan fingerprint density at radius 2 is 1.76 bits per heavy atom. The molecule has 1 heterocycles. The van der Waals surface area contributed by atoms with Gasteiger partial charge in [-0.1, -0.05) is 41.9 Å². The van der Waals surface area contributed by atoms with Crippen molar-refractivity contribution < 1.29 is 14.3 Å². The van der Waals surface area contributed by atoms with Crippen molar-refractivity contribution in [2.75, 3.05) is 16.8 Å². The highest BCUT2D eigenvalue weighted by Gasteiger charge is 2.24. The fraction of sp³-hybridized carbons (Fsp3) is 0.130. The Kier molecular flexibility index (Phi) is 5.49. The molecular formula is C23H19ClN2O3. The van der Waals surface area contributed by atoms with Crippen LogP contribution in [0.4, 0.5) is 11.4 Å². The summed E-state index contributed by atoms with van der Waals surface area (Å²) in [5.41, 5.74) is 1.53. The van der Waals surface area contributed by atoms with E-state index in [1.165, 1.54) is 0 Å². The van der Waals surface area contributed by atoms with Gasteiger partial charge in [0.2, 0.25) is 5.91 Å². The number of hydrogen-bond donors (Lipinski definition) is 1. The highest BCUT2D eigenvalue weighted by atomic mass is 35.5. The average molecular weight is 407 g/mol. The SMILES string of the molecule is O=C(Nc1ccccc1Oc1ccccc1)c1ccc(Cl)c(N2CCCC2=O)c1. The van der Waals surface area contributed by atoms with Crippen LogP contribution in [0.3, 0.4) is 0 Å². The zero-order valence-corrected chi connectivity index (χ0v) is 16.4. The van der Waals surface area contributed by atoms with Crippen molar-refractivity contribution in [3.8, 4) is 11.5 Å². The van der Waals surface area contributed by atoms with E-state index in [4.69, 9.17) is 16.3 Å². The number of rotatable bonds is 5. The van der Waals surface area contributed by atoms with E-state index in [1.807, 2.05) is 42.5 Å². The first-order valence-electron chi connectivity index (χ1n) is 9.35.